The van der Waals surface area contributed by atoms with Gasteiger partial charge in [0.15, 0.2) is 0 Å². The molecule has 7 heteroatoms. The van der Waals surface area contributed by atoms with E-state index in [-0.39, 0.29) is 30.4 Å². The predicted octanol–water partition coefficient (Wildman–Crippen LogP) is 2.93. The molecule has 7 nitrogen and oxygen atoms in total. The van der Waals surface area contributed by atoms with Crippen molar-refractivity contribution in [2.75, 3.05) is 20.8 Å². The fraction of sp³-hybridized carbons (Fsp3) is 0.375. The molecule has 0 aliphatic carbocycles. The Hall–Kier alpha value is -3.19. The van der Waals surface area contributed by atoms with Crippen LogP contribution in [-0.2, 0) is 16.9 Å². The Bertz CT molecular complexity index is 943. The highest BCUT2D eigenvalue weighted by atomic mass is 16.2. The molecule has 1 aliphatic heterocycles. The Kier molecular flexibility index (Phi) is 6.75. The number of nitrogens with one attached hydrogen (secondary N) is 2. The summed E-state index contributed by atoms with van der Waals surface area (Å²) < 4.78 is 0. The second-order valence-corrected chi connectivity index (χ2v) is 8.46. The molecule has 0 spiro atoms. The topological polar surface area (TPSA) is 81.8 Å². The van der Waals surface area contributed by atoms with Crippen LogP contribution in [0.3, 0.4) is 0 Å². The zero-order chi connectivity index (χ0) is 22.6. The van der Waals surface area contributed by atoms with Gasteiger partial charge < -0.3 is 10.6 Å². The van der Waals surface area contributed by atoms with Crippen LogP contribution in [0.2, 0.25) is 0 Å². The van der Waals surface area contributed by atoms with E-state index >= 15 is 0 Å². The van der Waals surface area contributed by atoms with Gasteiger partial charge in [-0.15, -0.1) is 0 Å². The molecule has 1 heterocycles. The number of hydrogen-bond donors (Lipinski definition) is 2. The maximum absolute atomic E-state index is 13.5. The average Bonchev–Trinajstić information content (AvgIpc) is 2.98. The van der Waals surface area contributed by atoms with Gasteiger partial charge in [0.2, 0.25) is 0 Å². The van der Waals surface area contributed by atoms with Gasteiger partial charge in [0.05, 0.1) is 6.67 Å². The zero-order valence-corrected chi connectivity index (χ0v) is 18.5. The third-order valence-electron chi connectivity index (χ3n) is 5.44. The molecule has 1 atom stereocenters. The molecule has 0 bridgehead atoms. The smallest absolute Gasteiger partial charge is 0.326 e. The van der Waals surface area contributed by atoms with Gasteiger partial charge in [-0.3, -0.25) is 14.5 Å². The quantitative estimate of drug-likeness (QED) is 0.641. The van der Waals surface area contributed by atoms with Crippen LogP contribution in [-0.4, -0.2) is 48.4 Å². The first-order chi connectivity index (χ1) is 14.8. The van der Waals surface area contributed by atoms with Crippen molar-refractivity contribution in [1.82, 2.24) is 20.4 Å². The molecule has 2 N–H and O–H groups in total. The summed E-state index contributed by atoms with van der Waals surface area (Å²) >= 11 is 0. The minimum Gasteiger partial charge on any atom is -0.355 e. The van der Waals surface area contributed by atoms with Crippen molar-refractivity contribution in [3.63, 3.8) is 0 Å². The molecule has 0 radical (unpaired) electrons. The van der Waals surface area contributed by atoms with E-state index < -0.39 is 5.54 Å². The van der Waals surface area contributed by atoms with Crippen LogP contribution in [0.5, 0.6) is 0 Å². The van der Waals surface area contributed by atoms with E-state index in [2.05, 4.69) is 10.6 Å². The number of rotatable bonds is 8. The molecule has 0 unspecified atom stereocenters. The van der Waals surface area contributed by atoms with Gasteiger partial charge in [0.25, 0.3) is 11.8 Å². The number of imide groups is 1. The fourth-order valence-corrected chi connectivity index (χ4v) is 4.05. The second kappa shape index (κ2) is 9.31. The Labute approximate surface area is 183 Å². The molecular formula is C24H30N4O3. The van der Waals surface area contributed by atoms with Crippen molar-refractivity contribution in [3.05, 3.63) is 71.3 Å². The van der Waals surface area contributed by atoms with E-state index in [0.717, 1.165) is 11.1 Å². The van der Waals surface area contributed by atoms with Gasteiger partial charge in [0.1, 0.15) is 5.54 Å². The number of urea groups is 1. The lowest BCUT2D eigenvalue weighted by atomic mass is 9.82. The fourth-order valence-electron chi connectivity index (χ4n) is 4.05. The lowest BCUT2D eigenvalue weighted by molar-refractivity contribution is -0.133. The third kappa shape index (κ3) is 4.77. The highest BCUT2D eigenvalue weighted by Crippen LogP contribution is 2.35. The highest BCUT2D eigenvalue weighted by molar-refractivity contribution is 6.07. The molecule has 1 fully saturated rings. The van der Waals surface area contributed by atoms with Crippen LogP contribution in [0.25, 0.3) is 0 Å². The number of amides is 4. The van der Waals surface area contributed by atoms with Crippen molar-refractivity contribution in [2.45, 2.75) is 32.4 Å². The summed E-state index contributed by atoms with van der Waals surface area (Å²) in [4.78, 5) is 41.2. The molecule has 1 aliphatic rings. The normalized spacial score (nSPS) is 18.6. The Balaban J connectivity index is 1.75. The molecule has 164 valence electrons. The maximum atomic E-state index is 13.5. The van der Waals surface area contributed by atoms with Crippen LogP contribution in [0.4, 0.5) is 4.79 Å². The van der Waals surface area contributed by atoms with E-state index in [9.17, 15) is 14.4 Å². The van der Waals surface area contributed by atoms with E-state index in [1.54, 1.807) is 19.2 Å². The molecule has 0 aromatic heterocycles. The predicted molar refractivity (Wildman–Crippen MR) is 119 cm³/mol. The largest absolute Gasteiger partial charge is 0.355 e. The minimum atomic E-state index is -1.04. The average molecular weight is 423 g/mol. The van der Waals surface area contributed by atoms with Gasteiger partial charge in [-0.1, -0.05) is 56.3 Å². The van der Waals surface area contributed by atoms with Gasteiger partial charge in [-0.25, -0.2) is 9.69 Å². The number of benzene rings is 2. The van der Waals surface area contributed by atoms with Crippen molar-refractivity contribution < 1.29 is 14.4 Å². The van der Waals surface area contributed by atoms with Crippen LogP contribution < -0.4 is 10.6 Å². The van der Waals surface area contributed by atoms with Gasteiger partial charge >= 0.3 is 6.03 Å². The van der Waals surface area contributed by atoms with Crippen LogP contribution in [0, 0.1) is 5.92 Å². The van der Waals surface area contributed by atoms with Crippen molar-refractivity contribution in [3.8, 4) is 0 Å². The summed E-state index contributed by atoms with van der Waals surface area (Å²) in [7, 11) is 3.45. The number of carbonyl (C=O) groups excluding carboxylic acids is 3. The summed E-state index contributed by atoms with van der Waals surface area (Å²) in [5, 5.41) is 5.57. The number of carbonyl (C=O) groups is 3. The lowest BCUT2D eigenvalue weighted by Crippen LogP contribution is -2.46. The summed E-state index contributed by atoms with van der Waals surface area (Å²) in [6.07, 6.45) is 0.531. The monoisotopic (exact) mass is 422 g/mol. The molecule has 2 aromatic rings. The molecule has 1 saturated heterocycles. The standard InChI is InChI=1S/C24H30N4O3/c1-17(2)14-24(20-8-6-5-7-9-20)22(30)28(23(31)26-24)16-27(4)15-18-10-12-19(13-11-18)21(29)25-3/h5-13,17H,14-16H2,1-4H3,(H,25,29)(H,26,31)/t24-/m0/s1. The van der Waals surface area contributed by atoms with Gasteiger partial charge in [-0.2, -0.15) is 0 Å². The van der Waals surface area contributed by atoms with Crippen molar-refractivity contribution in [2.24, 2.45) is 5.92 Å². The first kappa shape index (κ1) is 22.5. The molecule has 4 amide bonds. The van der Waals surface area contributed by atoms with E-state index in [4.69, 9.17) is 0 Å². The van der Waals surface area contributed by atoms with Crippen LogP contribution in [0.1, 0.15) is 41.8 Å². The first-order valence-corrected chi connectivity index (χ1v) is 10.5. The van der Waals surface area contributed by atoms with Gasteiger partial charge in [-0.05, 0) is 42.6 Å². The summed E-state index contributed by atoms with van der Waals surface area (Å²) in [6, 6.07) is 16.3. The molecular weight excluding hydrogens is 392 g/mol. The molecule has 2 aromatic carbocycles. The first-order valence-electron chi connectivity index (χ1n) is 10.5. The lowest BCUT2D eigenvalue weighted by Gasteiger charge is -2.29. The number of nitrogens with zero attached hydrogens (tertiary/aromatic N) is 2. The summed E-state index contributed by atoms with van der Waals surface area (Å²) in [5.74, 6) is -0.137. The second-order valence-electron chi connectivity index (χ2n) is 8.46. The number of hydrogen-bond acceptors (Lipinski definition) is 4. The van der Waals surface area contributed by atoms with Crippen molar-refractivity contribution in [1.29, 1.82) is 0 Å². The molecule has 31 heavy (non-hydrogen) atoms. The Morgan fingerprint density at radius 1 is 1.10 bits per heavy atom. The Morgan fingerprint density at radius 3 is 2.32 bits per heavy atom. The van der Waals surface area contributed by atoms with E-state index in [0.29, 0.717) is 18.5 Å². The zero-order valence-electron chi connectivity index (χ0n) is 18.5. The minimum absolute atomic E-state index is 0.137. The van der Waals surface area contributed by atoms with Crippen LogP contribution in [0.15, 0.2) is 54.6 Å². The SMILES string of the molecule is CNC(=O)c1ccc(CN(C)CN2C(=O)N[C@@](CC(C)C)(c3ccccc3)C2=O)cc1. The van der Waals surface area contributed by atoms with Crippen molar-refractivity contribution >= 4 is 17.8 Å². The summed E-state index contributed by atoms with van der Waals surface area (Å²) in [5.41, 5.74) is 1.34. The molecule has 0 saturated carbocycles. The third-order valence-corrected chi connectivity index (χ3v) is 5.44. The van der Waals surface area contributed by atoms with E-state index in [1.165, 1.54) is 4.90 Å². The summed E-state index contributed by atoms with van der Waals surface area (Å²) in [6.45, 7) is 4.80. The maximum Gasteiger partial charge on any atom is 0.326 e. The molecule has 3 rings (SSSR count). The van der Waals surface area contributed by atoms with Gasteiger partial charge in [0, 0.05) is 19.2 Å². The van der Waals surface area contributed by atoms with Crippen LogP contribution >= 0.6 is 0 Å². The van der Waals surface area contributed by atoms with E-state index in [1.807, 2.05) is 68.3 Å². The highest BCUT2D eigenvalue weighted by Gasteiger charge is 2.52. The Morgan fingerprint density at radius 2 is 1.74 bits per heavy atom.